The lowest BCUT2D eigenvalue weighted by Crippen LogP contribution is -2.50. The second-order valence-electron chi connectivity index (χ2n) is 13.2. The Morgan fingerprint density at radius 2 is 1.55 bits per heavy atom. The van der Waals surface area contributed by atoms with E-state index in [-0.39, 0.29) is 16.4 Å². The Morgan fingerprint density at radius 1 is 0.915 bits per heavy atom. The third-order valence-corrected chi connectivity index (χ3v) is 10.8. The van der Waals surface area contributed by atoms with Gasteiger partial charge in [-0.05, 0) is 51.3 Å². The highest BCUT2D eigenvalue weighted by Gasteiger charge is 2.54. The van der Waals surface area contributed by atoms with Crippen molar-refractivity contribution >= 4 is 38.7 Å². The number of pyridine rings is 1. The molecule has 0 N–H and O–H groups in total. The first kappa shape index (κ1) is 30.7. The van der Waals surface area contributed by atoms with Crippen molar-refractivity contribution in [3.8, 4) is 22.4 Å². The molecule has 3 aromatic heterocycles. The molecule has 0 aliphatic carbocycles. The number of aryl methyl sites for hydroxylation is 1. The van der Waals surface area contributed by atoms with Crippen molar-refractivity contribution in [1.29, 1.82) is 0 Å². The van der Waals surface area contributed by atoms with Crippen LogP contribution in [0.15, 0.2) is 84.1 Å². The zero-order valence-electron chi connectivity index (χ0n) is 27.0. The average molecular weight is 653 g/mol. The number of likely N-dealkylation sites (N-methyl/N-ethyl adjacent to an activating group) is 1. The van der Waals surface area contributed by atoms with E-state index in [4.69, 9.17) is 9.72 Å². The van der Waals surface area contributed by atoms with E-state index in [1.165, 1.54) is 3.97 Å². The predicted octanol–water partition coefficient (Wildman–Crippen LogP) is 5.59. The van der Waals surface area contributed by atoms with Crippen LogP contribution in [0.3, 0.4) is 0 Å². The first-order valence-corrected chi connectivity index (χ1v) is 17.0. The molecule has 0 saturated carbocycles. The fourth-order valence-corrected chi connectivity index (χ4v) is 8.48. The molecule has 2 amide bonds. The van der Waals surface area contributed by atoms with Gasteiger partial charge in [0.05, 0.1) is 34.1 Å². The van der Waals surface area contributed by atoms with Crippen LogP contribution in [-0.2, 0) is 32.0 Å². The molecule has 7 rings (SSSR count). The summed E-state index contributed by atoms with van der Waals surface area (Å²) in [6.45, 7) is 6.08. The Labute approximate surface area is 273 Å². The van der Waals surface area contributed by atoms with Crippen LogP contribution in [-0.4, -0.2) is 69.8 Å². The number of carbonyl (C=O) groups is 2. The highest BCUT2D eigenvalue weighted by Crippen LogP contribution is 2.54. The van der Waals surface area contributed by atoms with Crippen LogP contribution in [0.5, 0.6) is 0 Å². The first-order chi connectivity index (χ1) is 22.3. The van der Waals surface area contributed by atoms with Crippen LogP contribution in [0.25, 0.3) is 33.4 Å². The van der Waals surface area contributed by atoms with Gasteiger partial charge in [0.25, 0.3) is 10.0 Å². The quantitative estimate of drug-likeness (QED) is 0.248. The lowest BCUT2D eigenvalue weighted by molar-refractivity contribution is -0.124. The average Bonchev–Trinajstić information content (AvgIpc) is 3.70. The minimum absolute atomic E-state index is 0.105. The third kappa shape index (κ3) is 4.81. The number of piperidine rings is 1. The van der Waals surface area contributed by atoms with Crippen molar-refractivity contribution in [3.05, 3.63) is 84.8 Å². The summed E-state index contributed by atoms with van der Waals surface area (Å²) in [5.41, 5.74) is 2.33. The fourth-order valence-electron chi connectivity index (χ4n) is 6.97. The highest BCUT2D eigenvalue weighted by atomic mass is 32.2. The molecule has 11 nitrogen and oxygen atoms in total. The van der Waals surface area contributed by atoms with Gasteiger partial charge in [-0.3, -0.25) is 9.48 Å². The molecule has 5 aromatic rings. The molecular formula is C35H36N6O5S. The molecular weight excluding hydrogens is 616 g/mol. The van der Waals surface area contributed by atoms with E-state index < -0.39 is 27.1 Å². The molecule has 2 aromatic carbocycles. The molecule has 12 heteroatoms. The van der Waals surface area contributed by atoms with Gasteiger partial charge >= 0.3 is 6.09 Å². The summed E-state index contributed by atoms with van der Waals surface area (Å²) in [7, 11) is -0.690. The predicted molar refractivity (Wildman–Crippen MR) is 179 cm³/mol. The molecule has 242 valence electrons. The number of carbonyl (C=O) groups excluding carboxylic acids is 2. The topological polar surface area (TPSA) is 120 Å². The number of fused-ring (bicyclic) bond motifs is 4. The summed E-state index contributed by atoms with van der Waals surface area (Å²) in [6.07, 6.45) is 5.29. The van der Waals surface area contributed by atoms with E-state index in [1.54, 1.807) is 77.5 Å². The van der Waals surface area contributed by atoms with Crippen LogP contribution in [0.1, 0.15) is 39.2 Å². The largest absolute Gasteiger partial charge is 0.444 e. The molecule has 2 aliphatic rings. The van der Waals surface area contributed by atoms with Gasteiger partial charge in [0.1, 0.15) is 5.60 Å². The minimum Gasteiger partial charge on any atom is -0.444 e. The zero-order chi connectivity index (χ0) is 33.3. The van der Waals surface area contributed by atoms with E-state index in [0.29, 0.717) is 53.8 Å². The number of nitrogens with zero attached hydrogens (tertiary/aromatic N) is 6. The number of rotatable bonds is 4. The maximum Gasteiger partial charge on any atom is 0.410 e. The van der Waals surface area contributed by atoms with Crippen molar-refractivity contribution < 1.29 is 22.7 Å². The lowest BCUT2D eigenvalue weighted by atomic mass is 9.72. The van der Waals surface area contributed by atoms with E-state index in [2.05, 4.69) is 5.10 Å². The maximum absolute atomic E-state index is 14.7. The molecule has 5 heterocycles. The van der Waals surface area contributed by atoms with E-state index in [0.717, 1.165) is 11.1 Å². The standard InChI is InChI=1S/C35H36N6O5S/c1-34(2,3)46-33(43)40-18-16-35(17-19-40)29-26(39(5)32(35)42)21-36-31-28(29)27(23-12-8-6-9-13-23)30(24-20-37-38(4)22-24)41(31)47(44,45)25-14-10-7-11-15-25/h6-15,20-22H,16-19H2,1-5H3. The Hall–Kier alpha value is -4.97. The Balaban J connectivity index is 1.55. The van der Waals surface area contributed by atoms with Crippen molar-refractivity contribution in [2.24, 2.45) is 7.05 Å². The molecule has 1 saturated heterocycles. The Bertz CT molecular complexity index is 2140. The van der Waals surface area contributed by atoms with Crippen LogP contribution in [0.4, 0.5) is 10.5 Å². The number of hydrogen-bond acceptors (Lipinski definition) is 7. The molecule has 0 atom stereocenters. The number of ether oxygens (including phenoxy) is 1. The van der Waals surface area contributed by atoms with E-state index in [1.807, 2.05) is 51.1 Å². The van der Waals surface area contributed by atoms with Crippen molar-refractivity contribution in [2.75, 3.05) is 25.0 Å². The van der Waals surface area contributed by atoms with Crippen LogP contribution in [0.2, 0.25) is 0 Å². The molecule has 0 bridgehead atoms. The van der Waals surface area contributed by atoms with Gasteiger partial charge < -0.3 is 14.5 Å². The summed E-state index contributed by atoms with van der Waals surface area (Å²) >= 11 is 0. The highest BCUT2D eigenvalue weighted by molar-refractivity contribution is 7.90. The molecule has 0 radical (unpaired) electrons. The van der Waals surface area contributed by atoms with Crippen molar-refractivity contribution in [2.45, 2.75) is 49.5 Å². The van der Waals surface area contributed by atoms with Gasteiger partial charge in [-0.2, -0.15) is 5.10 Å². The minimum atomic E-state index is -4.20. The fraction of sp³-hybridized carbons (Fsp3) is 0.314. The summed E-state index contributed by atoms with van der Waals surface area (Å²) in [5, 5.41) is 4.99. The van der Waals surface area contributed by atoms with Gasteiger partial charge in [0, 0.05) is 55.5 Å². The van der Waals surface area contributed by atoms with Crippen LogP contribution in [0, 0.1) is 0 Å². The summed E-state index contributed by atoms with van der Waals surface area (Å²) in [4.78, 5) is 35.6. The number of amides is 2. The molecule has 0 unspecified atom stereocenters. The van der Waals surface area contributed by atoms with Gasteiger partial charge in [0.2, 0.25) is 5.91 Å². The second-order valence-corrected chi connectivity index (χ2v) is 15.0. The number of anilines is 1. The molecule has 1 spiro atoms. The SMILES string of the molecule is CN1C(=O)C2(CCN(C(=O)OC(C)(C)C)CC2)c2c1cnc1c2c(-c2ccccc2)c(-c2cnn(C)c2)n1S(=O)(=O)c1ccccc1. The van der Waals surface area contributed by atoms with Crippen LogP contribution < -0.4 is 4.90 Å². The summed E-state index contributed by atoms with van der Waals surface area (Å²) in [5.74, 6) is -0.105. The summed E-state index contributed by atoms with van der Waals surface area (Å²) < 4.78 is 37.9. The van der Waals surface area contributed by atoms with Gasteiger partial charge in [-0.1, -0.05) is 48.5 Å². The van der Waals surface area contributed by atoms with Crippen molar-refractivity contribution in [3.63, 3.8) is 0 Å². The second kappa shape index (κ2) is 10.8. The Kier molecular flexibility index (Phi) is 7.05. The monoisotopic (exact) mass is 652 g/mol. The van der Waals surface area contributed by atoms with E-state index in [9.17, 15) is 18.0 Å². The third-order valence-electron chi connectivity index (χ3n) is 9.07. The molecule has 1 fully saturated rings. The lowest BCUT2D eigenvalue weighted by Gasteiger charge is -2.39. The summed E-state index contributed by atoms with van der Waals surface area (Å²) in [6, 6.07) is 17.9. The van der Waals surface area contributed by atoms with Crippen LogP contribution >= 0.6 is 0 Å². The smallest absolute Gasteiger partial charge is 0.410 e. The Morgan fingerprint density at radius 3 is 2.15 bits per heavy atom. The first-order valence-electron chi connectivity index (χ1n) is 15.5. The zero-order valence-corrected chi connectivity index (χ0v) is 27.8. The van der Waals surface area contributed by atoms with Gasteiger partial charge in [-0.15, -0.1) is 0 Å². The molecule has 2 aliphatic heterocycles. The number of benzene rings is 2. The number of hydrogen-bond donors (Lipinski definition) is 0. The number of likely N-dealkylation sites (tertiary alicyclic amines) is 1. The van der Waals surface area contributed by atoms with E-state index >= 15 is 0 Å². The maximum atomic E-state index is 14.7. The van der Waals surface area contributed by atoms with Crippen molar-refractivity contribution in [1.82, 2.24) is 23.6 Å². The number of aromatic nitrogens is 4. The van der Waals surface area contributed by atoms with Gasteiger partial charge in [-0.25, -0.2) is 22.2 Å². The molecule has 47 heavy (non-hydrogen) atoms. The van der Waals surface area contributed by atoms with Gasteiger partial charge in [0.15, 0.2) is 5.65 Å². The normalized spacial score (nSPS) is 16.2.